The first-order valence-electron chi connectivity index (χ1n) is 12.6. The van der Waals surface area contributed by atoms with Crippen LogP contribution in [0.3, 0.4) is 0 Å². The average Bonchev–Trinajstić information content (AvgIpc) is 3.79. The van der Waals surface area contributed by atoms with E-state index in [0.29, 0.717) is 34.8 Å². The molecule has 1 aliphatic carbocycles. The Bertz CT molecular complexity index is 1710. The minimum absolute atomic E-state index is 0.0685. The lowest BCUT2D eigenvalue weighted by Crippen LogP contribution is -2.41. The van der Waals surface area contributed by atoms with E-state index in [-0.39, 0.29) is 47.3 Å². The smallest absolute Gasteiger partial charge is 0.247 e. The highest BCUT2D eigenvalue weighted by Gasteiger charge is 2.57. The van der Waals surface area contributed by atoms with Crippen molar-refractivity contribution in [3.8, 4) is 28.7 Å². The van der Waals surface area contributed by atoms with Crippen molar-refractivity contribution in [1.82, 2.24) is 4.98 Å². The van der Waals surface area contributed by atoms with Crippen LogP contribution in [0.1, 0.15) is 12.8 Å². The van der Waals surface area contributed by atoms with E-state index in [1.165, 1.54) is 37.6 Å². The van der Waals surface area contributed by atoms with E-state index in [1.807, 2.05) is 0 Å². The van der Waals surface area contributed by atoms with Gasteiger partial charge in [0.2, 0.25) is 17.6 Å². The van der Waals surface area contributed by atoms with Crippen LogP contribution >= 0.6 is 11.6 Å². The molecule has 9 nitrogen and oxygen atoms in total. The van der Waals surface area contributed by atoms with Crippen LogP contribution < -0.4 is 29.6 Å². The topological polar surface area (TPSA) is 113 Å². The summed E-state index contributed by atoms with van der Waals surface area (Å²) in [6.45, 7) is 0.593. The zero-order valence-electron chi connectivity index (χ0n) is 21.6. The zero-order chi connectivity index (χ0) is 28.9. The molecule has 210 valence electrons. The molecule has 12 heteroatoms. The first-order chi connectivity index (χ1) is 19.7. The van der Waals surface area contributed by atoms with Gasteiger partial charge >= 0.3 is 0 Å². The van der Waals surface area contributed by atoms with Crippen molar-refractivity contribution in [3.05, 3.63) is 71.4 Å². The van der Waals surface area contributed by atoms with Gasteiger partial charge in [-0.05, 0) is 43.2 Å². The maximum Gasteiger partial charge on any atom is 0.247 e. The van der Waals surface area contributed by atoms with Gasteiger partial charge in [0.25, 0.3) is 0 Å². The number of anilines is 2. The van der Waals surface area contributed by atoms with Crippen LogP contribution in [-0.4, -0.2) is 37.1 Å². The predicted octanol–water partition coefficient (Wildman–Crippen LogP) is 5.67. The van der Waals surface area contributed by atoms with Crippen molar-refractivity contribution < 1.29 is 37.3 Å². The van der Waals surface area contributed by atoms with Crippen molar-refractivity contribution in [3.63, 3.8) is 0 Å². The minimum Gasteiger partial charge on any atom is -0.493 e. The lowest BCUT2D eigenvalue weighted by molar-refractivity contribution is -0.133. The number of rotatable bonds is 7. The number of nitrogens with zero attached hydrogens (tertiary/aromatic N) is 2. The summed E-state index contributed by atoms with van der Waals surface area (Å²) < 4.78 is 52.3. The van der Waals surface area contributed by atoms with Gasteiger partial charge in [-0.2, -0.15) is 0 Å². The van der Waals surface area contributed by atoms with Gasteiger partial charge in [-0.3, -0.25) is 19.5 Å². The molecular weight excluding hydrogens is 560 g/mol. The zero-order valence-corrected chi connectivity index (χ0v) is 22.3. The number of carbonyl (C=O) groups is 2. The number of hydrogen-bond donors (Lipinski definition) is 1. The van der Waals surface area contributed by atoms with Crippen molar-refractivity contribution in [2.75, 3.05) is 25.2 Å². The van der Waals surface area contributed by atoms with Crippen LogP contribution in [-0.2, 0) is 9.59 Å². The summed E-state index contributed by atoms with van der Waals surface area (Å²) in [6.07, 6.45) is 1.95. The first kappa shape index (κ1) is 26.6. The molecular formula is C29H22ClF2N3O6. The maximum atomic E-state index is 15.7. The molecule has 1 saturated carbocycles. The van der Waals surface area contributed by atoms with E-state index >= 15 is 4.39 Å². The highest BCUT2D eigenvalue weighted by atomic mass is 35.5. The Morgan fingerprint density at radius 3 is 2.37 bits per heavy atom. The van der Waals surface area contributed by atoms with Gasteiger partial charge in [-0.1, -0.05) is 11.6 Å². The number of nitrogens with two attached hydrogens (primary N) is 1. The monoisotopic (exact) mass is 581 g/mol. The molecule has 0 atom stereocenters. The molecule has 1 aliphatic heterocycles. The summed E-state index contributed by atoms with van der Waals surface area (Å²) in [5.74, 6) is -1.82. The van der Waals surface area contributed by atoms with E-state index in [2.05, 4.69) is 4.98 Å². The van der Waals surface area contributed by atoms with Crippen molar-refractivity contribution >= 4 is 45.7 Å². The molecule has 2 heterocycles. The Kier molecular flexibility index (Phi) is 6.53. The summed E-state index contributed by atoms with van der Waals surface area (Å²) >= 11 is 6.61. The Morgan fingerprint density at radius 2 is 1.71 bits per heavy atom. The third-order valence-corrected chi connectivity index (χ3v) is 7.35. The number of primary amides is 1. The number of carbonyl (C=O) groups excluding carboxylic acids is 2. The molecule has 2 aliphatic rings. The number of hydrogen-bond acceptors (Lipinski definition) is 7. The number of halogens is 3. The van der Waals surface area contributed by atoms with E-state index in [0.717, 1.165) is 23.1 Å². The summed E-state index contributed by atoms with van der Waals surface area (Å²) in [4.78, 5) is 31.2. The van der Waals surface area contributed by atoms with Crippen LogP contribution in [0.2, 0.25) is 5.02 Å². The summed E-state index contributed by atoms with van der Waals surface area (Å²) in [5, 5.41) is 0.365. The number of fused-ring (bicyclic) bond motifs is 3. The van der Waals surface area contributed by atoms with Crippen LogP contribution in [0, 0.1) is 17.0 Å². The molecule has 1 fully saturated rings. The fourth-order valence-electron chi connectivity index (χ4n) is 4.76. The molecule has 0 saturated heterocycles. The predicted molar refractivity (Wildman–Crippen MR) is 145 cm³/mol. The molecule has 2 amide bonds. The first-order valence-corrected chi connectivity index (χ1v) is 12.9. The van der Waals surface area contributed by atoms with Crippen LogP contribution in [0.5, 0.6) is 28.7 Å². The Morgan fingerprint density at radius 1 is 1.00 bits per heavy atom. The van der Waals surface area contributed by atoms with E-state index in [9.17, 15) is 14.0 Å². The SMILES string of the molecule is COc1cc2nccc(Oc3cc(Cl)c(N(C(=O)C4(C(N)=O)CC4)c4ccc(F)cc4)cc3F)c2c2c1OCCO2. The number of aromatic nitrogens is 1. The molecule has 0 bridgehead atoms. The largest absolute Gasteiger partial charge is 0.493 e. The van der Waals surface area contributed by atoms with Gasteiger partial charge in [0.15, 0.2) is 23.1 Å². The van der Waals surface area contributed by atoms with E-state index in [1.54, 1.807) is 6.07 Å². The standard InChI is InChI=1S/C29H22ClF2N3O6/c1-38-23-14-19-24(26-25(23)39-10-11-40-26)21(6-9-34-19)41-22-12-17(30)20(13-18(22)32)35(16-4-2-15(31)3-5-16)28(37)29(7-8-29)27(33)36/h2-6,9,12-14H,7-8,10-11H2,1H3,(H2,33,36). The molecule has 3 aromatic carbocycles. The van der Waals surface area contributed by atoms with Gasteiger partial charge in [0.1, 0.15) is 30.2 Å². The summed E-state index contributed by atoms with van der Waals surface area (Å²) in [5.41, 5.74) is 4.65. The molecule has 0 radical (unpaired) electrons. The van der Waals surface area contributed by atoms with Gasteiger partial charge in [0.05, 0.1) is 28.7 Å². The van der Waals surface area contributed by atoms with Crippen LogP contribution in [0.4, 0.5) is 20.2 Å². The molecule has 0 spiro atoms. The average molecular weight is 582 g/mol. The Balaban J connectivity index is 1.43. The van der Waals surface area contributed by atoms with E-state index < -0.39 is 28.9 Å². The molecule has 6 rings (SSSR count). The fourth-order valence-corrected chi connectivity index (χ4v) is 5.00. The fraction of sp³-hybridized carbons (Fsp3) is 0.207. The second kappa shape index (κ2) is 10.1. The lowest BCUT2D eigenvalue weighted by Gasteiger charge is -2.27. The van der Waals surface area contributed by atoms with Crippen LogP contribution in [0.15, 0.2) is 54.7 Å². The molecule has 1 aromatic heterocycles. The highest BCUT2D eigenvalue weighted by Crippen LogP contribution is 2.51. The lowest BCUT2D eigenvalue weighted by atomic mass is 10.0. The maximum absolute atomic E-state index is 15.7. The van der Waals surface area contributed by atoms with Crippen molar-refractivity contribution in [2.24, 2.45) is 11.1 Å². The Labute approximate surface area is 237 Å². The Hall–Kier alpha value is -4.64. The quantitative estimate of drug-likeness (QED) is 0.280. The molecule has 4 aromatic rings. The minimum atomic E-state index is -1.46. The van der Waals surface area contributed by atoms with Gasteiger partial charge in [0, 0.05) is 30.1 Å². The second-order valence-electron chi connectivity index (χ2n) is 9.54. The molecule has 2 N–H and O–H groups in total. The molecule has 0 unspecified atom stereocenters. The van der Waals surface area contributed by atoms with Gasteiger partial charge < -0.3 is 24.7 Å². The normalized spacial score (nSPS) is 14.8. The van der Waals surface area contributed by atoms with Crippen molar-refractivity contribution in [2.45, 2.75) is 12.8 Å². The summed E-state index contributed by atoms with van der Waals surface area (Å²) in [7, 11) is 1.49. The van der Waals surface area contributed by atoms with Crippen LogP contribution in [0.25, 0.3) is 10.9 Å². The van der Waals surface area contributed by atoms with Gasteiger partial charge in [-0.25, -0.2) is 8.78 Å². The number of methoxy groups -OCH3 is 1. The third kappa shape index (κ3) is 4.51. The number of ether oxygens (including phenoxy) is 4. The summed E-state index contributed by atoms with van der Waals surface area (Å²) in [6, 6.07) is 10.3. The van der Waals surface area contributed by atoms with Gasteiger partial charge in [-0.15, -0.1) is 0 Å². The number of pyridine rings is 1. The van der Waals surface area contributed by atoms with E-state index in [4.69, 9.17) is 36.3 Å². The highest BCUT2D eigenvalue weighted by molar-refractivity contribution is 6.34. The third-order valence-electron chi connectivity index (χ3n) is 7.04. The van der Waals surface area contributed by atoms with Crippen molar-refractivity contribution in [1.29, 1.82) is 0 Å². The molecule has 41 heavy (non-hydrogen) atoms. The number of benzene rings is 3. The second-order valence-corrected chi connectivity index (χ2v) is 9.94. The number of amides is 2.